The second kappa shape index (κ2) is 6.56. The lowest BCUT2D eigenvalue weighted by Gasteiger charge is -2.16. The minimum absolute atomic E-state index is 0.0696. The molecule has 0 saturated carbocycles. The van der Waals surface area contributed by atoms with E-state index in [1.165, 1.54) is 26.9 Å². The molecule has 1 unspecified atom stereocenters. The number of rotatable bonds is 3. The van der Waals surface area contributed by atoms with Gasteiger partial charge in [0.05, 0.1) is 6.61 Å². The van der Waals surface area contributed by atoms with E-state index in [-0.39, 0.29) is 16.5 Å². The maximum absolute atomic E-state index is 13.3. The molecule has 0 spiro atoms. The average molecular weight is 416 g/mol. The second-order valence-corrected chi connectivity index (χ2v) is 9.97. The average Bonchev–Trinajstić information content (AvgIpc) is 3.35. The van der Waals surface area contributed by atoms with Gasteiger partial charge in [0.2, 0.25) is 5.88 Å². The van der Waals surface area contributed by atoms with E-state index in [0.29, 0.717) is 19.1 Å². The summed E-state index contributed by atoms with van der Waals surface area (Å²) >= 11 is 0. The van der Waals surface area contributed by atoms with Crippen LogP contribution in [0.25, 0.3) is 0 Å². The minimum Gasteiger partial charge on any atom is -0.477 e. The van der Waals surface area contributed by atoms with Crippen molar-refractivity contribution >= 4 is 21.5 Å². The molecule has 154 valence electrons. The molecule has 1 aliphatic heterocycles. The fourth-order valence-corrected chi connectivity index (χ4v) is 5.76. The van der Waals surface area contributed by atoms with Crippen LogP contribution < -0.4 is 15.2 Å². The fraction of sp³-hybridized carbons (Fsp3) is 0.500. The summed E-state index contributed by atoms with van der Waals surface area (Å²) in [5.41, 5.74) is 5.84. The second-order valence-electron chi connectivity index (χ2n) is 8.36. The van der Waals surface area contributed by atoms with E-state index in [0.717, 1.165) is 44.2 Å². The zero-order valence-electron chi connectivity index (χ0n) is 16.4. The molecule has 9 heteroatoms. The van der Waals surface area contributed by atoms with Crippen LogP contribution in [0, 0.1) is 10.7 Å². The minimum atomic E-state index is -3.67. The van der Waals surface area contributed by atoms with Gasteiger partial charge < -0.3 is 10.1 Å². The van der Waals surface area contributed by atoms with Gasteiger partial charge in [-0.3, -0.25) is 4.79 Å². The Balaban J connectivity index is 1.59. The fourth-order valence-electron chi connectivity index (χ4n) is 4.91. The third-order valence-electron chi connectivity index (χ3n) is 6.10. The van der Waals surface area contributed by atoms with Crippen molar-refractivity contribution in [2.24, 2.45) is 11.1 Å². The van der Waals surface area contributed by atoms with Gasteiger partial charge in [-0.15, -0.1) is 0 Å². The van der Waals surface area contributed by atoms with Crippen LogP contribution in [0.1, 0.15) is 52.5 Å². The van der Waals surface area contributed by atoms with Crippen LogP contribution in [0.15, 0.2) is 11.0 Å². The summed E-state index contributed by atoms with van der Waals surface area (Å²) in [6, 6.07) is 2.31. The summed E-state index contributed by atoms with van der Waals surface area (Å²) in [5.74, 6) is 0.252. The van der Waals surface area contributed by atoms with E-state index < -0.39 is 15.8 Å². The number of carbonyl (C=O) groups is 1. The topological polar surface area (TPSA) is 123 Å². The van der Waals surface area contributed by atoms with Gasteiger partial charge in [0.1, 0.15) is 9.92 Å². The van der Waals surface area contributed by atoms with E-state index in [9.17, 15) is 9.00 Å². The monoisotopic (exact) mass is 415 g/mol. The lowest BCUT2D eigenvalue weighted by atomic mass is 9.98. The van der Waals surface area contributed by atoms with Crippen LogP contribution in [0.4, 0.5) is 5.69 Å². The first-order valence-corrected chi connectivity index (χ1v) is 11.7. The largest absolute Gasteiger partial charge is 0.477 e. The Morgan fingerprint density at radius 1 is 1.31 bits per heavy atom. The lowest BCUT2D eigenvalue weighted by Crippen LogP contribution is -2.21. The summed E-state index contributed by atoms with van der Waals surface area (Å²) in [6.45, 7) is 3.19. The number of fused-ring (bicyclic) bond motifs is 3. The number of carbonyl (C=O) groups excluding carboxylic acids is 1. The van der Waals surface area contributed by atoms with Gasteiger partial charge >= 0.3 is 0 Å². The Kier molecular flexibility index (Phi) is 4.22. The van der Waals surface area contributed by atoms with Gasteiger partial charge in [0.15, 0.2) is 10.6 Å². The van der Waals surface area contributed by atoms with Crippen molar-refractivity contribution in [1.82, 2.24) is 9.78 Å². The van der Waals surface area contributed by atoms with Gasteiger partial charge in [-0.2, -0.15) is 5.10 Å². The molecule has 1 aromatic carbocycles. The lowest BCUT2D eigenvalue weighted by molar-refractivity contribution is 0.101. The van der Waals surface area contributed by atoms with Crippen molar-refractivity contribution in [1.29, 1.82) is 4.78 Å². The van der Waals surface area contributed by atoms with Crippen LogP contribution in [0.3, 0.4) is 0 Å². The zero-order valence-corrected chi connectivity index (χ0v) is 17.2. The predicted molar refractivity (Wildman–Crippen MR) is 109 cm³/mol. The number of hydrogen-bond acceptors (Lipinski definition) is 5. The summed E-state index contributed by atoms with van der Waals surface area (Å²) < 4.78 is 27.4. The number of nitrogens with one attached hydrogen (secondary N) is 2. The van der Waals surface area contributed by atoms with Gasteiger partial charge in [-0.25, -0.2) is 18.8 Å². The molecule has 4 N–H and O–H groups in total. The van der Waals surface area contributed by atoms with Gasteiger partial charge in [-0.1, -0.05) is 13.0 Å². The van der Waals surface area contributed by atoms with Crippen molar-refractivity contribution in [3.05, 3.63) is 34.0 Å². The smallest absolute Gasteiger partial charge is 0.277 e. The third-order valence-corrected chi connectivity index (χ3v) is 7.07. The van der Waals surface area contributed by atoms with Crippen molar-refractivity contribution in [2.45, 2.75) is 56.9 Å². The number of ether oxygens (including phenoxy) is 1. The van der Waals surface area contributed by atoms with Crippen LogP contribution in [-0.4, -0.2) is 26.5 Å². The molecule has 2 atom stereocenters. The summed E-state index contributed by atoms with van der Waals surface area (Å²) in [7, 11) is -3.67. The highest BCUT2D eigenvalue weighted by atomic mass is 32.2. The van der Waals surface area contributed by atoms with Crippen molar-refractivity contribution in [3.8, 4) is 5.88 Å². The Morgan fingerprint density at radius 2 is 2.14 bits per heavy atom. The number of benzene rings is 1. The molecule has 1 amide bonds. The van der Waals surface area contributed by atoms with E-state index in [1.807, 2.05) is 0 Å². The zero-order chi connectivity index (χ0) is 20.3. The number of aryl methyl sites for hydroxylation is 2. The number of nitrogens with zero attached hydrogens (tertiary/aromatic N) is 2. The number of hydrogen-bond donors (Lipinski definition) is 3. The van der Waals surface area contributed by atoms with E-state index in [1.54, 1.807) is 0 Å². The van der Waals surface area contributed by atoms with Crippen LogP contribution in [0.2, 0.25) is 0 Å². The van der Waals surface area contributed by atoms with Crippen LogP contribution >= 0.6 is 0 Å². The first-order valence-electron chi connectivity index (χ1n) is 10.1. The molecule has 0 saturated heterocycles. The highest BCUT2D eigenvalue weighted by molar-refractivity contribution is 7.90. The molecular formula is C20H25N5O3S. The highest BCUT2D eigenvalue weighted by Gasteiger charge is 2.33. The van der Waals surface area contributed by atoms with Crippen LogP contribution in [-0.2, 0) is 42.1 Å². The van der Waals surface area contributed by atoms with E-state index >= 15 is 0 Å². The molecule has 3 aliphatic rings. The summed E-state index contributed by atoms with van der Waals surface area (Å²) in [5, 5.41) is 13.0. The number of nitrogens with two attached hydrogens (primary N) is 1. The third kappa shape index (κ3) is 3.03. The molecule has 1 aromatic heterocycles. The molecule has 0 bridgehead atoms. The Hall–Kier alpha value is -2.39. The molecule has 8 nitrogen and oxygen atoms in total. The predicted octanol–water partition coefficient (Wildman–Crippen LogP) is 2.42. The van der Waals surface area contributed by atoms with Gasteiger partial charge in [-0.05, 0) is 60.3 Å². The molecular weight excluding hydrogens is 390 g/mol. The summed E-state index contributed by atoms with van der Waals surface area (Å²) in [6.07, 6.45) is 5.73. The standard InChI is InChI=1S/C20H25N5O3S/c1-11-8-13-10-12-4-2-5-14(12)16(15(13)9-11)23-19(26)17-18(29(21,22)27)20-25(24-17)6-3-7-28-20/h10-11H,2-9H2,1H3,(H,23,26)(H3,21,22,27)/t11-/m1/s1. The first-order chi connectivity index (χ1) is 13.8. The molecule has 0 radical (unpaired) electrons. The quantitative estimate of drug-likeness (QED) is 0.712. The normalized spacial score (nSPS) is 21.7. The maximum Gasteiger partial charge on any atom is 0.277 e. The molecule has 29 heavy (non-hydrogen) atoms. The number of anilines is 1. The molecule has 2 aromatic rings. The highest BCUT2D eigenvalue weighted by Crippen LogP contribution is 2.40. The SMILES string of the molecule is C[C@@H]1Cc2cc3c(c(NC(=O)c4nn5c(c4S(=N)(N)=O)OCCC5)c2C1)CCC3. The Morgan fingerprint density at radius 3 is 2.93 bits per heavy atom. The van der Waals surface area contributed by atoms with Crippen LogP contribution in [0.5, 0.6) is 5.88 Å². The van der Waals surface area contributed by atoms with Crippen molar-refractivity contribution in [2.75, 3.05) is 11.9 Å². The molecule has 2 aliphatic carbocycles. The summed E-state index contributed by atoms with van der Waals surface area (Å²) in [4.78, 5) is 13.2. The van der Waals surface area contributed by atoms with Gasteiger partial charge in [0, 0.05) is 18.7 Å². The Bertz CT molecular complexity index is 1140. The number of amides is 1. The maximum atomic E-state index is 13.3. The molecule has 2 heterocycles. The Labute approximate surface area is 169 Å². The van der Waals surface area contributed by atoms with Crippen molar-refractivity contribution in [3.63, 3.8) is 0 Å². The van der Waals surface area contributed by atoms with E-state index in [2.05, 4.69) is 23.4 Å². The van der Waals surface area contributed by atoms with Gasteiger partial charge in [0.25, 0.3) is 5.91 Å². The first kappa shape index (κ1) is 18.6. The van der Waals surface area contributed by atoms with E-state index in [4.69, 9.17) is 14.7 Å². The molecule has 5 rings (SSSR count). The molecule has 0 fully saturated rings. The van der Waals surface area contributed by atoms with Crippen molar-refractivity contribution < 1.29 is 13.7 Å². The number of aromatic nitrogens is 2.